The molecule has 3 heterocycles. The summed E-state index contributed by atoms with van der Waals surface area (Å²) in [6, 6.07) is 30.7. The Morgan fingerprint density at radius 2 is 1.12 bits per heavy atom. The van der Waals surface area contributed by atoms with Gasteiger partial charge in [0.15, 0.2) is 11.5 Å². The molecule has 0 spiro atoms. The summed E-state index contributed by atoms with van der Waals surface area (Å²) in [5.41, 5.74) is 7.64. The molecule has 0 unspecified atom stereocenters. The summed E-state index contributed by atoms with van der Waals surface area (Å²) in [7, 11) is 0. The van der Waals surface area contributed by atoms with Gasteiger partial charge >= 0.3 is 0 Å². The van der Waals surface area contributed by atoms with E-state index in [0.717, 1.165) is 45.0 Å². The van der Waals surface area contributed by atoms with Gasteiger partial charge in [0, 0.05) is 40.8 Å². The lowest BCUT2D eigenvalue weighted by atomic mass is 10.1. The van der Waals surface area contributed by atoms with Crippen molar-refractivity contribution < 1.29 is 0 Å². The van der Waals surface area contributed by atoms with E-state index >= 15 is 0 Å². The van der Waals surface area contributed by atoms with Crippen LogP contribution in [-0.4, -0.2) is 24.3 Å². The maximum atomic E-state index is 4.90. The molecule has 3 aromatic carbocycles. The van der Waals surface area contributed by atoms with Gasteiger partial charge in [-0.15, -0.1) is 0 Å². The summed E-state index contributed by atoms with van der Waals surface area (Å²) in [4.78, 5) is 18.6. The van der Waals surface area contributed by atoms with Crippen molar-refractivity contribution >= 4 is 5.65 Å². The topological polar surface area (TPSA) is 56.0 Å². The van der Waals surface area contributed by atoms with Gasteiger partial charge in [0.1, 0.15) is 0 Å². The maximum absolute atomic E-state index is 4.90. The Kier molecular flexibility index (Phi) is 4.70. The average molecular weight is 425 g/mol. The zero-order chi connectivity index (χ0) is 22.0. The molecule has 6 aromatic rings. The number of fused-ring (bicyclic) bond motifs is 1. The van der Waals surface area contributed by atoms with Crippen LogP contribution in [0.1, 0.15) is 0 Å². The number of nitrogens with zero attached hydrogens (tertiary/aromatic N) is 5. The number of hydrogen-bond acceptors (Lipinski definition) is 4. The first-order chi connectivity index (χ1) is 16.3. The van der Waals surface area contributed by atoms with Crippen molar-refractivity contribution in [1.82, 2.24) is 24.3 Å². The predicted octanol–water partition coefficient (Wildman–Crippen LogP) is 6.19. The molecule has 0 aliphatic heterocycles. The highest BCUT2D eigenvalue weighted by atomic mass is 15.0. The molecule has 5 heteroatoms. The number of aromatic nitrogens is 5. The molecule has 156 valence electrons. The maximum Gasteiger partial charge on any atom is 0.160 e. The summed E-state index contributed by atoms with van der Waals surface area (Å²) in [6.45, 7) is 0. The van der Waals surface area contributed by atoms with Gasteiger partial charge in [-0.1, -0.05) is 84.9 Å². The summed E-state index contributed by atoms with van der Waals surface area (Å²) < 4.78 is 1.97. The minimum Gasteiger partial charge on any atom is -0.304 e. The van der Waals surface area contributed by atoms with Crippen molar-refractivity contribution in [1.29, 1.82) is 0 Å². The first kappa shape index (κ1) is 19.1. The summed E-state index contributed by atoms with van der Waals surface area (Å²) in [5, 5.41) is 0. The van der Waals surface area contributed by atoms with Gasteiger partial charge in [-0.3, -0.25) is 4.98 Å². The van der Waals surface area contributed by atoms with Crippen molar-refractivity contribution in [2.24, 2.45) is 0 Å². The van der Waals surface area contributed by atoms with Crippen LogP contribution in [0.15, 0.2) is 116 Å². The van der Waals surface area contributed by atoms with Crippen molar-refractivity contribution in [3.8, 4) is 45.2 Å². The van der Waals surface area contributed by atoms with E-state index in [4.69, 9.17) is 9.97 Å². The largest absolute Gasteiger partial charge is 0.304 e. The van der Waals surface area contributed by atoms with E-state index in [-0.39, 0.29) is 0 Å². The molecular formula is C28H19N5. The molecule has 6 rings (SSSR count). The third kappa shape index (κ3) is 3.77. The third-order valence-corrected chi connectivity index (χ3v) is 5.57. The molecular weight excluding hydrogens is 406 g/mol. The molecule has 0 amide bonds. The minimum atomic E-state index is 0.695. The molecule has 0 aliphatic rings. The van der Waals surface area contributed by atoms with E-state index in [2.05, 4.69) is 58.5 Å². The Labute approximate surface area is 191 Å². The second-order valence-electron chi connectivity index (χ2n) is 7.74. The fraction of sp³-hybridized carbons (Fsp3) is 0. The van der Waals surface area contributed by atoms with E-state index in [1.54, 1.807) is 12.4 Å². The van der Waals surface area contributed by atoms with Crippen LogP contribution in [-0.2, 0) is 0 Å². The molecule has 0 aliphatic carbocycles. The van der Waals surface area contributed by atoms with Crippen LogP contribution in [0.4, 0.5) is 0 Å². The monoisotopic (exact) mass is 425 g/mol. The van der Waals surface area contributed by atoms with Crippen LogP contribution in [0.5, 0.6) is 0 Å². The smallest absolute Gasteiger partial charge is 0.160 e. The van der Waals surface area contributed by atoms with E-state index in [0.29, 0.717) is 5.82 Å². The molecule has 0 saturated heterocycles. The Bertz CT molecular complexity index is 1450. The Morgan fingerprint density at radius 3 is 1.73 bits per heavy atom. The minimum absolute atomic E-state index is 0.695. The van der Waals surface area contributed by atoms with Crippen LogP contribution in [0.2, 0.25) is 0 Å². The molecule has 0 saturated carbocycles. The zero-order valence-corrected chi connectivity index (χ0v) is 17.7. The molecule has 0 atom stereocenters. The van der Waals surface area contributed by atoms with Crippen LogP contribution in [0, 0.1) is 0 Å². The van der Waals surface area contributed by atoms with Crippen molar-refractivity contribution in [2.75, 3.05) is 0 Å². The normalized spacial score (nSPS) is 11.0. The standard InChI is InChI=1S/C28H19N5/c1-3-7-20(8-4-1)24-17-25(21-9-5-2-6-10-21)32-28(31-24)23-13-11-22(12-14-23)26-19-33-16-15-29-18-27(33)30-26/h1-19H. The van der Waals surface area contributed by atoms with Gasteiger partial charge in [-0.25, -0.2) is 15.0 Å². The van der Waals surface area contributed by atoms with Gasteiger partial charge in [0.05, 0.1) is 23.3 Å². The average Bonchev–Trinajstić information content (AvgIpc) is 3.34. The van der Waals surface area contributed by atoms with Gasteiger partial charge in [-0.05, 0) is 6.07 Å². The number of imidazole rings is 1. The Balaban J connectivity index is 1.43. The van der Waals surface area contributed by atoms with Crippen molar-refractivity contribution in [3.63, 3.8) is 0 Å². The lowest BCUT2D eigenvalue weighted by Gasteiger charge is -2.09. The quantitative estimate of drug-likeness (QED) is 0.338. The lowest BCUT2D eigenvalue weighted by molar-refractivity contribution is 1.13. The number of rotatable bonds is 4. The Morgan fingerprint density at radius 1 is 0.545 bits per heavy atom. The highest BCUT2D eigenvalue weighted by molar-refractivity contribution is 5.73. The third-order valence-electron chi connectivity index (χ3n) is 5.57. The summed E-state index contributed by atoms with van der Waals surface area (Å²) in [5.74, 6) is 0.695. The van der Waals surface area contributed by atoms with Crippen molar-refractivity contribution in [2.45, 2.75) is 0 Å². The molecule has 3 aromatic heterocycles. The van der Waals surface area contributed by atoms with Crippen LogP contribution >= 0.6 is 0 Å². The van der Waals surface area contributed by atoms with Crippen LogP contribution in [0.3, 0.4) is 0 Å². The predicted molar refractivity (Wildman–Crippen MR) is 130 cm³/mol. The first-order valence-electron chi connectivity index (χ1n) is 10.7. The van der Waals surface area contributed by atoms with Crippen molar-refractivity contribution in [3.05, 3.63) is 116 Å². The highest BCUT2D eigenvalue weighted by Gasteiger charge is 2.11. The van der Waals surface area contributed by atoms with Gasteiger partial charge < -0.3 is 4.40 Å². The zero-order valence-electron chi connectivity index (χ0n) is 17.7. The second-order valence-corrected chi connectivity index (χ2v) is 7.74. The molecule has 0 N–H and O–H groups in total. The Hall–Kier alpha value is -4.64. The fourth-order valence-corrected chi connectivity index (χ4v) is 3.86. The lowest BCUT2D eigenvalue weighted by Crippen LogP contribution is -1.95. The van der Waals surface area contributed by atoms with E-state index in [1.807, 2.05) is 59.3 Å². The summed E-state index contributed by atoms with van der Waals surface area (Å²) in [6.07, 6.45) is 7.41. The fourth-order valence-electron chi connectivity index (χ4n) is 3.86. The molecule has 0 radical (unpaired) electrons. The van der Waals surface area contributed by atoms with Gasteiger partial charge in [0.2, 0.25) is 0 Å². The number of hydrogen-bond donors (Lipinski definition) is 0. The van der Waals surface area contributed by atoms with E-state index < -0.39 is 0 Å². The van der Waals surface area contributed by atoms with Gasteiger partial charge in [0.25, 0.3) is 0 Å². The first-order valence-corrected chi connectivity index (χ1v) is 10.7. The van der Waals surface area contributed by atoms with Crippen LogP contribution in [0.25, 0.3) is 50.8 Å². The summed E-state index contributed by atoms with van der Waals surface area (Å²) >= 11 is 0. The molecule has 0 fully saturated rings. The second kappa shape index (κ2) is 8.13. The van der Waals surface area contributed by atoms with Gasteiger partial charge in [-0.2, -0.15) is 0 Å². The van der Waals surface area contributed by atoms with E-state index in [9.17, 15) is 0 Å². The SMILES string of the molecule is c1ccc(-c2cc(-c3ccccc3)nc(-c3ccc(-c4cn5ccncc5n4)cc3)n2)cc1. The van der Waals surface area contributed by atoms with E-state index in [1.165, 1.54) is 0 Å². The number of benzene rings is 3. The van der Waals surface area contributed by atoms with Crippen LogP contribution < -0.4 is 0 Å². The highest BCUT2D eigenvalue weighted by Crippen LogP contribution is 2.28. The molecule has 0 bridgehead atoms. The molecule has 5 nitrogen and oxygen atoms in total. The molecule has 33 heavy (non-hydrogen) atoms.